The molecule has 0 unspecified atom stereocenters. The van der Waals surface area contributed by atoms with Crippen molar-refractivity contribution in [2.75, 3.05) is 28.6 Å². The van der Waals surface area contributed by atoms with E-state index in [-0.39, 0.29) is 10.8 Å². The first-order valence-electron chi connectivity index (χ1n) is 10.1. The number of hydrogen-bond acceptors (Lipinski definition) is 5. The second-order valence-corrected chi connectivity index (χ2v) is 9.20. The number of ether oxygens (including phenoxy) is 1. The van der Waals surface area contributed by atoms with Gasteiger partial charge in [-0.3, -0.25) is 13.9 Å². The van der Waals surface area contributed by atoms with Crippen LogP contribution in [0.15, 0.2) is 77.7 Å². The van der Waals surface area contributed by atoms with Crippen LogP contribution in [0, 0.1) is 6.92 Å². The van der Waals surface area contributed by atoms with Crippen molar-refractivity contribution in [3.63, 3.8) is 0 Å². The minimum atomic E-state index is -4.03. The van der Waals surface area contributed by atoms with Gasteiger partial charge in [0.15, 0.2) is 0 Å². The molecule has 0 saturated heterocycles. The summed E-state index contributed by atoms with van der Waals surface area (Å²) in [5.74, 6) is -0.222. The van der Waals surface area contributed by atoms with Gasteiger partial charge in [0.25, 0.3) is 10.0 Å². The van der Waals surface area contributed by atoms with Crippen LogP contribution in [0.25, 0.3) is 0 Å². The zero-order valence-corrected chi connectivity index (χ0v) is 19.3. The standard InChI is InChI=1S/C24H25N3O5S/c1-17-7-13-23(14-8-17)33(30,31)27(21-9-11-22(32-3)12-10-21)16-24(29)26-20-6-4-5-19(15-20)25-18(2)28/h4-15H,16H2,1-3H3,(H,25,28)(H,26,29). The summed E-state index contributed by atoms with van der Waals surface area (Å²) in [7, 11) is -2.51. The molecule has 0 aromatic heterocycles. The monoisotopic (exact) mass is 467 g/mol. The molecule has 3 aromatic rings. The quantitative estimate of drug-likeness (QED) is 0.524. The van der Waals surface area contributed by atoms with Gasteiger partial charge in [0.05, 0.1) is 17.7 Å². The second-order valence-electron chi connectivity index (χ2n) is 7.33. The molecule has 8 nitrogen and oxygen atoms in total. The molecule has 0 spiro atoms. The summed E-state index contributed by atoms with van der Waals surface area (Å²) in [6, 6.07) is 19.4. The zero-order valence-electron chi connectivity index (χ0n) is 18.5. The number of carbonyl (C=O) groups is 2. The fourth-order valence-corrected chi connectivity index (χ4v) is 4.53. The first-order chi connectivity index (χ1) is 15.7. The normalized spacial score (nSPS) is 10.9. The smallest absolute Gasteiger partial charge is 0.264 e. The highest BCUT2D eigenvalue weighted by atomic mass is 32.2. The molecule has 0 radical (unpaired) electrons. The van der Waals surface area contributed by atoms with Crippen LogP contribution in [0.3, 0.4) is 0 Å². The van der Waals surface area contributed by atoms with Crippen molar-refractivity contribution in [1.29, 1.82) is 0 Å². The highest BCUT2D eigenvalue weighted by Gasteiger charge is 2.27. The molecule has 0 aliphatic rings. The Labute approximate surface area is 193 Å². The second kappa shape index (κ2) is 10.2. The molecule has 0 saturated carbocycles. The third kappa shape index (κ3) is 6.11. The van der Waals surface area contributed by atoms with Gasteiger partial charge in [0.1, 0.15) is 12.3 Å². The largest absolute Gasteiger partial charge is 0.497 e. The van der Waals surface area contributed by atoms with Crippen LogP contribution in [0.5, 0.6) is 5.75 Å². The third-order valence-corrected chi connectivity index (χ3v) is 6.51. The summed E-state index contributed by atoms with van der Waals surface area (Å²) in [6.45, 7) is 2.79. The Balaban J connectivity index is 1.90. The number of anilines is 3. The SMILES string of the molecule is COc1ccc(N(CC(=O)Nc2cccc(NC(C)=O)c2)S(=O)(=O)c2ccc(C)cc2)cc1. The molecule has 33 heavy (non-hydrogen) atoms. The highest BCUT2D eigenvalue weighted by molar-refractivity contribution is 7.92. The molecule has 2 N–H and O–H groups in total. The average molecular weight is 468 g/mol. The van der Waals surface area contributed by atoms with Crippen LogP contribution >= 0.6 is 0 Å². The third-order valence-electron chi connectivity index (χ3n) is 4.72. The number of amides is 2. The zero-order chi connectivity index (χ0) is 24.0. The van der Waals surface area contributed by atoms with Gasteiger partial charge in [-0.05, 0) is 61.5 Å². The van der Waals surface area contributed by atoms with Gasteiger partial charge < -0.3 is 15.4 Å². The summed E-state index contributed by atoms with van der Waals surface area (Å²) < 4.78 is 33.1. The van der Waals surface area contributed by atoms with E-state index in [9.17, 15) is 18.0 Å². The fourth-order valence-electron chi connectivity index (χ4n) is 3.11. The molecule has 0 fully saturated rings. The number of methoxy groups -OCH3 is 1. The van der Waals surface area contributed by atoms with Gasteiger partial charge in [0, 0.05) is 18.3 Å². The van der Waals surface area contributed by atoms with E-state index < -0.39 is 22.5 Å². The van der Waals surface area contributed by atoms with Crippen LogP contribution in [0.4, 0.5) is 17.1 Å². The lowest BCUT2D eigenvalue weighted by Gasteiger charge is -2.24. The van der Waals surface area contributed by atoms with Crippen LogP contribution in [0.1, 0.15) is 12.5 Å². The molecule has 0 aliphatic carbocycles. The number of benzene rings is 3. The number of sulfonamides is 1. The van der Waals surface area contributed by atoms with Crippen molar-refractivity contribution in [2.24, 2.45) is 0 Å². The van der Waals surface area contributed by atoms with Gasteiger partial charge >= 0.3 is 0 Å². The van der Waals surface area contributed by atoms with Crippen molar-refractivity contribution in [1.82, 2.24) is 0 Å². The van der Waals surface area contributed by atoms with Crippen molar-refractivity contribution in [3.05, 3.63) is 78.4 Å². The first kappa shape index (κ1) is 23.8. The lowest BCUT2D eigenvalue weighted by molar-refractivity contribution is -0.115. The average Bonchev–Trinajstić information content (AvgIpc) is 2.77. The molecular formula is C24H25N3O5S. The summed E-state index contributed by atoms with van der Waals surface area (Å²) in [6.07, 6.45) is 0. The van der Waals surface area contributed by atoms with Gasteiger partial charge in [-0.15, -0.1) is 0 Å². The number of nitrogens with zero attached hydrogens (tertiary/aromatic N) is 1. The molecule has 3 rings (SSSR count). The lowest BCUT2D eigenvalue weighted by Crippen LogP contribution is -2.38. The number of carbonyl (C=O) groups excluding carboxylic acids is 2. The van der Waals surface area contributed by atoms with E-state index >= 15 is 0 Å². The summed E-state index contributed by atoms with van der Waals surface area (Å²) in [4.78, 5) is 24.2. The maximum atomic E-state index is 13.4. The van der Waals surface area contributed by atoms with Crippen molar-refractivity contribution < 1.29 is 22.7 Å². The molecule has 0 bridgehead atoms. The van der Waals surface area contributed by atoms with E-state index in [4.69, 9.17) is 4.74 Å². The maximum Gasteiger partial charge on any atom is 0.264 e. The molecular weight excluding hydrogens is 442 g/mol. The predicted octanol–water partition coefficient (Wildman–Crippen LogP) is 3.80. The lowest BCUT2D eigenvalue weighted by atomic mass is 10.2. The molecule has 0 atom stereocenters. The highest BCUT2D eigenvalue weighted by Crippen LogP contribution is 2.26. The molecule has 0 aliphatic heterocycles. The van der Waals surface area contributed by atoms with E-state index in [1.54, 1.807) is 60.7 Å². The summed E-state index contributed by atoms with van der Waals surface area (Å²) in [5.41, 5.74) is 2.17. The first-order valence-corrected chi connectivity index (χ1v) is 11.5. The maximum absolute atomic E-state index is 13.4. The molecule has 172 valence electrons. The Morgan fingerprint density at radius 1 is 0.909 bits per heavy atom. The van der Waals surface area contributed by atoms with Gasteiger partial charge in [-0.25, -0.2) is 8.42 Å². The van der Waals surface area contributed by atoms with Gasteiger partial charge in [-0.2, -0.15) is 0 Å². The van der Waals surface area contributed by atoms with Crippen molar-refractivity contribution in [2.45, 2.75) is 18.7 Å². The van der Waals surface area contributed by atoms with Crippen LogP contribution in [0.2, 0.25) is 0 Å². The van der Waals surface area contributed by atoms with Crippen molar-refractivity contribution in [3.8, 4) is 5.75 Å². The summed E-state index contributed by atoms with van der Waals surface area (Å²) >= 11 is 0. The Morgan fingerprint density at radius 2 is 1.52 bits per heavy atom. The van der Waals surface area contributed by atoms with Crippen LogP contribution in [-0.4, -0.2) is 33.9 Å². The predicted molar refractivity (Wildman–Crippen MR) is 128 cm³/mol. The van der Waals surface area contributed by atoms with Crippen molar-refractivity contribution >= 4 is 38.9 Å². The molecule has 3 aromatic carbocycles. The molecule has 0 heterocycles. The van der Waals surface area contributed by atoms with E-state index in [0.29, 0.717) is 22.8 Å². The minimum absolute atomic E-state index is 0.0735. The topological polar surface area (TPSA) is 105 Å². The van der Waals surface area contributed by atoms with E-state index in [1.165, 1.54) is 26.2 Å². The number of hydrogen-bond donors (Lipinski definition) is 2. The Bertz CT molecular complexity index is 1240. The van der Waals surface area contributed by atoms with Crippen LogP contribution in [-0.2, 0) is 19.6 Å². The Kier molecular flexibility index (Phi) is 7.34. The Morgan fingerprint density at radius 3 is 2.09 bits per heavy atom. The number of rotatable bonds is 8. The number of nitrogens with one attached hydrogen (secondary N) is 2. The molecule has 9 heteroatoms. The fraction of sp³-hybridized carbons (Fsp3) is 0.167. The molecule has 2 amide bonds. The van der Waals surface area contributed by atoms with E-state index in [0.717, 1.165) is 9.87 Å². The van der Waals surface area contributed by atoms with Gasteiger partial charge in [-0.1, -0.05) is 23.8 Å². The minimum Gasteiger partial charge on any atom is -0.497 e. The van der Waals surface area contributed by atoms with Crippen LogP contribution < -0.4 is 19.7 Å². The van der Waals surface area contributed by atoms with E-state index in [1.807, 2.05) is 6.92 Å². The Hall–Kier alpha value is -3.85. The van der Waals surface area contributed by atoms with Gasteiger partial charge in [0.2, 0.25) is 11.8 Å². The summed E-state index contributed by atoms with van der Waals surface area (Å²) in [5, 5.41) is 5.33. The van der Waals surface area contributed by atoms with E-state index in [2.05, 4.69) is 10.6 Å². The number of aryl methyl sites for hydroxylation is 1.